The van der Waals surface area contributed by atoms with Crippen LogP contribution in [-0.4, -0.2) is 49.6 Å². The normalized spacial score (nSPS) is 15.0. The van der Waals surface area contributed by atoms with Crippen LogP contribution in [0, 0.1) is 0 Å². The molecule has 0 unspecified atom stereocenters. The predicted molar refractivity (Wildman–Crippen MR) is 82.3 cm³/mol. The lowest BCUT2D eigenvalue weighted by Gasteiger charge is -2.26. The zero-order valence-corrected chi connectivity index (χ0v) is 13.0. The molecule has 0 aliphatic carbocycles. The van der Waals surface area contributed by atoms with Gasteiger partial charge in [0, 0.05) is 44.4 Å². The molecule has 0 aromatic carbocycles. The van der Waals surface area contributed by atoms with E-state index in [1.807, 2.05) is 16.3 Å². The Morgan fingerprint density at radius 3 is 2.86 bits per heavy atom. The van der Waals surface area contributed by atoms with Gasteiger partial charge in [-0.25, -0.2) is 0 Å². The fraction of sp³-hybridized carbons (Fsp3) is 0.571. The highest BCUT2D eigenvalue weighted by Gasteiger charge is 2.16. The number of anilines is 1. The van der Waals surface area contributed by atoms with Gasteiger partial charge in [-0.05, 0) is 11.4 Å². The van der Waals surface area contributed by atoms with E-state index in [4.69, 9.17) is 4.74 Å². The number of carbonyl (C=O) groups excluding carboxylic acids is 2. The van der Waals surface area contributed by atoms with Crippen LogP contribution in [0.5, 0.6) is 0 Å². The number of hydrogen-bond donors (Lipinski definition) is 2. The van der Waals surface area contributed by atoms with Crippen molar-refractivity contribution < 1.29 is 14.3 Å². The molecule has 0 saturated carbocycles. The molecule has 1 aliphatic rings. The molecular weight excluding hydrogens is 290 g/mol. The molecular formula is C14H21N3O3S. The Morgan fingerprint density at radius 2 is 2.14 bits per heavy atom. The molecule has 2 heterocycles. The second-order valence-electron chi connectivity index (χ2n) is 4.86. The first-order valence-corrected chi connectivity index (χ1v) is 7.95. The number of morpholine rings is 1. The van der Waals surface area contributed by atoms with Gasteiger partial charge < -0.3 is 20.3 Å². The van der Waals surface area contributed by atoms with E-state index in [9.17, 15) is 9.59 Å². The SMILES string of the molecule is CC(=O)Nc1ccsc1CNCCC(=O)N1CCOCC1. The van der Waals surface area contributed by atoms with E-state index in [0.717, 1.165) is 10.6 Å². The average Bonchev–Trinajstić information content (AvgIpc) is 2.91. The highest BCUT2D eigenvalue weighted by molar-refractivity contribution is 7.10. The van der Waals surface area contributed by atoms with Crippen LogP contribution in [-0.2, 0) is 20.9 Å². The minimum absolute atomic E-state index is 0.0721. The molecule has 0 atom stereocenters. The Hall–Kier alpha value is -1.44. The summed E-state index contributed by atoms with van der Waals surface area (Å²) < 4.78 is 5.23. The van der Waals surface area contributed by atoms with Crippen molar-refractivity contribution in [2.45, 2.75) is 19.9 Å². The maximum Gasteiger partial charge on any atom is 0.224 e. The van der Waals surface area contributed by atoms with Crippen LogP contribution in [0.15, 0.2) is 11.4 Å². The minimum Gasteiger partial charge on any atom is -0.378 e. The van der Waals surface area contributed by atoms with E-state index in [1.165, 1.54) is 6.92 Å². The van der Waals surface area contributed by atoms with Crippen molar-refractivity contribution in [3.63, 3.8) is 0 Å². The Morgan fingerprint density at radius 1 is 1.38 bits per heavy atom. The molecule has 0 radical (unpaired) electrons. The van der Waals surface area contributed by atoms with E-state index in [0.29, 0.717) is 45.8 Å². The van der Waals surface area contributed by atoms with Crippen molar-refractivity contribution in [3.8, 4) is 0 Å². The smallest absolute Gasteiger partial charge is 0.224 e. The maximum absolute atomic E-state index is 11.9. The summed E-state index contributed by atoms with van der Waals surface area (Å²) in [4.78, 5) is 25.9. The van der Waals surface area contributed by atoms with Gasteiger partial charge in [0.2, 0.25) is 11.8 Å². The van der Waals surface area contributed by atoms with E-state index < -0.39 is 0 Å². The van der Waals surface area contributed by atoms with Crippen LogP contribution < -0.4 is 10.6 Å². The molecule has 21 heavy (non-hydrogen) atoms. The summed E-state index contributed by atoms with van der Waals surface area (Å²) in [5, 5.41) is 7.99. The van der Waals surface area contributed by atoms with Crippen molar-refractivity contribution in [2.24, 2.45) is 0 Å². The number of hydrogen-bond acceptors (Lipinski definition) is 5. The monoisotopic (exact) mass is 311 g/mol. The summed E-state index contributed by atoms with van der Waals surface area (Å²) in [6.07, 6.45) is 0.487. The molecule has 0 spiro atoms. The molecule has 2 rings (SSSR count). The number of nitrogens with one attached hydrogen (secondary N) is 2. The molecule has 1 aromatic heterocycles. The van der Waals surface area contributed by atoms with E-state index >= 15 is 0 Å². The number of carbonyl (C=O) groups is 2. The molecule has 0 bridgehead atoms. The van der Waals surface area contributed by atoms with Crippen molar-refractivity contribution in [3.05, 3.63) is 16.3 Å². The topological polar surface area (TPSA) is 70.7 Å². The Balaban J connectivity index is 1.68. The van der Waals surface area contributed by atoms with Crippen molar-refractivity contribution >= 4 is 28.8 Å². The zero-order chi connectivity index (χ0) is 15.1. The summed E-state index contributed by atoms with van der Waals surface area (Å²) >= 11 is 1.59. The van der Waals surface area contributed by atoms with E-state index in [1.54, 1.807) is 11.3 Å². The maximum atomic E-state index is 11.9. The molecule has 6 nitrogen and oxygen atoms in total. The summed E-state index contributed by atoms with van der Waals surface area (Å²) in [7, 11) is 0. The standard InChI is InChI=1S/C14H21N3O3S/c1-11(18)16-12-3-9-21-13(12)10-15-4-2-14(19)17-5-7-20-8-6-17/h3,9,15H,2,4-8,10H2,1H3,(H,16,18). The van der Waals surface area contributed by atoms with E-state index in [2.05, 4.69) is 10.6 Å². The van der Waals surface area contributed by atoms with Gasteiger partial charge in [0.1, 0.15) is 0 Å². The largest absolute Gasteiger partial charge is 0.378 e. The Kier molecular flexibility index (Phi) is 6.16. The number of nitrogens with zero attached hydrogens (tertiary/aromatic N) is 1. The van der Waals surface area contributed by atoms with Crippen LogP contribution in [0.25, 0.3) is 0 Å². The van der Waals surface area contributed by atoms with Gasteiger partial charge in [0.25, 0.3) is 0 Å². The van der Waals surface area contributed by atoms with Crippen LogP contribution in [0.3, 0.4) is 0 Å². The average molecular weight is 311 g/mol. The van der Waals surface area contributed by atoms with Gasteiger partial charge in [0.15, 0.2) is 0 Å². The lowest BCUT2D eigenvalue weighted by atomic mass is 10.3. The lowest BCUT2D eigenvalue weighted by Crippen LogP contribution is -2.41. The molecule has 7 heteroatoms. The van der Waals surface area contributed by atoms with Gasteiger partial charge in [-0.1, -0.05) is 0 Å². The first-order chi connectivity index (χ1) is 10.2. The summed E-state index contributed by atoms with van der Waals surface area (Å²) in [5.41, 5.74) is 0.847. The molecule has 2 N–H and O–H groups in total. The highest BCUT2D eigenvalue weighted by atomic mass is 32.1. The number of ether oxygens (including phenoxy) is 1. The van der Waals surface area contributed by atoms with Crippen molar-refractivity contribution in [1.29, 1.82) is 0 Å². The van der Waals surface area contributed by atoms with Gasteiger partial charge >= 0.3 is 0 Å². The first kappa shape index (κ1) is 15.9. The van der Waals surface area contributed by atoms with Crippen LogP contribution >= 0.6 is 11.3 Å². The molecule has 1 aromatic rings. The van der Waals surface area contributed by atoms with Gasteiger partial charge in [-0.3, -0.25) is 9.59 Å². The van der Waals surface area contributed by atoms with Crippen LogP contribution in [0.2, 0.25) is 0 Å². The fourth-order valence-electron chi connectivity index (χ4n) is 2.15. The number of rotatable bonds is 6. The molecule has 2 amide bonds. The van der Waals surface area contributed by atoms with Gasteiger partial charge in [-0.15, -0.1) is 11.3 Å². The Bertz CT molecular complexity index is 484. The second-order valence-corrected chi connectivity index (χ2v) is 5.86. The van der Waals surface area contributed by atoms with E-state index in [-0.39, 0.29) is 11.8 Å². The third-order valence-corrected chi connectivity index (χ3v) is 4.14. The molecule has 1 fully saturated rings. The first-order valence-electron chi connectivity index (χ1n) is 7.07. The van der Waals surface area contributed by atoms with Crippen LogP contribution in [0.4, 0.5) is 5.69 Å². The third-order valence-electron chi connectivity index (χ3n) is 3.22. The van der Waals surface area contributed by atoms with Crippen molar-refractivity contribution in [1.82, 2.24) is 10.2 Å². The minimum atomic E-state index is -0.0721. The van der Waals surface area contributed by atoms with Crippen LogP contribution in [0.1, 0.15) is 18.2 Å². The third kappa shape index (κ3) is 5.11. The summed E-state index contributed by atoms with van der Waals surface area (Å²) in [6.45, 7) is 5.43. The molecule has 1 aliphatic heterocycles. The van der Waals surface area contributed by atoms with Gasteiger partial charge in [0.05, 0.1) is 18.9 Å². The fourth-order valence-corrected chi connectivity index (χ4v) is 2.95. The Labute approximate surface area is 128 Å². The quantitative estimate of drug-likeness (QED) is 0.770. The van der Waals surface area contributed by atoms with Crippen molar-refractivity contribution in [2.75, 3.05) is 38.2 Å². The predicted octanol–water partition coefficient (Wildman–Crippen LogP) is 1.04. The summed E-state index contributed by atoms with van der Waals surface area (Å²) in [6, 6.07) is 1.89. The second kappa shape index (κ2) is 8.11. The lowest BCUT2D eigenvalue weighted by molar-refractivity contribution is -0.135. The highest BCUT2D eigenvalue weighted by Crippen LogP contribution is 2.21. The van der Waals surface area contributed by atoms with Gasteiger partial charge in [-0.2, -0.15) is 0 Å². The molecule has 1 saturated heterocycles. The zero-order valence-electron chi connectivity index (χ0n) is 12.2. The molecule has 116 valence electrons. The summed E-state index contributed by atoms with van der Waals surface area (Å²) in [5.74, 6) is 0.0937. The number of amides is 2. The number of thiophene rings is 1.